The van der Waals surface area contributed by atoms with E-state index in [9.17, 15) is 13.2 Å². The molecule has 0 spiro atoms. The van der Waals surface area contributed by atoms with Crippen LogP contribution in [0.1, 0.15) is 17.5 Å². The number of imidazole rings is 1. The molecular weight excluding hydrogens is 397 g/mol. The highest BCUT2D eigenvalue weighted by molar-refractivity contribution is 7.83. The van der Waals surface area contributed by atoms with Gasteiger partial charge in [0.25, 0.3) is 0 Å². The number of ether oxygens (including phenoxy) is 1. The molecule has 0 aromatic carbocycles. The molecular formula is C12H13Cl2N5O5S. The zero-order valence-electron chi connectivity index (χ0n) is 12.8. The van der Waals surface area contributed by atoms with Crippen LogP contribution in [-0.2, 0) is 21.6 Å². The third-order valence-electron chi connectivity index (χ3n) is 2.83. The quantitative estimate of drug-likeness (QED) is 0.395. The highest BCUT2D eigenvalue weighted by Gasteiger charge is 2.20. The van der Waals surface area contributed by atoms with Crippen LogP contribution in [0.3, 0.4) is 0 Å². The van der Waals surface area contributed by atoms with E-state index < -0.39 is 16.3 Å². The summed E-state index contributed by atoms with van der Waals surface area (Å²) in [5, 5.41) is 0.111. The first-order valence-electron chi connectivity index (χ1n) is 6.86. The number of carbonyl (C=O) groups excluding carboxylic acids is 1. The summed E-state index contributed by atoms with van der Waals surface area (Å²) in [5.74, 6) is -0.795. The Bertz CT molecular complexity index is 886. The van der Waals surface area contributed by atoms with E-state index in [0.29, 0.717) is 0 Å². The lowest BCUT2D eigenvalue weighted by Gasteiger charge is -2.06. The molecule has 0 aliphatic heterocycles. The molecule has 2 aromatic rings. The van der Waals surface area contributed by atoms with Gasteiger partial charge in [0.1, 0.15) is 11.4 Å². The molecule has 0 amide bonds. The maximum atomic E-state index is 12.0. The molecule has 2 aromatic heterocycles. The van der Waals surface area contributed by atoms with Gasteiger partial charge in [-0.3, -0.25) is 4.55 Å². The largest absolute Gasteiger partial charge is 0.460 e. The van der Waals surface area contributed by atoms with Crippen molar-refractivity contribution in [3.05, 3.63) is 28.5 Å². The molecule has 0 radical (unpaired) electrons. The summed E-state index contributed by atoms with van der Waals surface area (Å²) < 4.78 is 38.3. The molecule has 0 aliphatic rings. The van der Waals surface area contributed by atoms with Gasteiger partial charge in [0.05, 0.1) is 17.8 Å². The van der Waals surface area contributed by atoms with Gasteiger partial charge < -0.3 is 9.30 Å². The molecule has 0 unspecified atom stereocenters. The molecule has 0 atom stereocenters. The Morgan fingerprint density at radius 2 is 2.12 bits per heavy atom. The van der Waals surface area contributed by atoms with Crippen LogP contribution in [0, 0.1) is 0 Å². The number of rotatable bonds is 7. The first-order chi connectivity index (χ1) is 11.7. The van der Waals surface area contributed by atoms with E-state index in [-0.39, 0.29) is 47.2 Å². The number of halogens is 2. The van der Waals surface area contributed by atoms with Gasteiger partial charge in [-0.2, -0.15) is 13.1 Å². The van der Waals surface area contributed by atoms with Gasteiger partial charge in [0.2, 0.25) is 11.1 Å². The van der Waals surface area contributed by atoms with E-state index in [1.54, 1.807) is 6.92 Å². The maximum absolute atomic E-state index is 12.0. The Balaban J connectivity index is 2.37. The predicted octanol–water partition coefficient (Wildman–Crippen LogP) is 1.22. The van der Waals surface area contributed by atoms with Crippen LogP contribution < -0.4 is 4.72 Å². The van der Waals surface area contributed by atoms with Crippen molar-refractivity contribution in [2.45, 2.75) is 13.5 Å². The van der Waals surface area contributed by atoms with Crippen LogP contribution in [0.5, 0.6) is 0 Å². The van der Waals surface area contributed by atoms with Crippen LogP contribution in [0.2, 0.25) is 10.3 Å². The summed E-state index contributed by atoms with van der Waals surface area (Å²) in [6, 6.07) is 0. The van der Waals surface area contributed by atoms with Crippen molar-refractivity contribution < 1.29 is 22.5 Å². The first kappa shape index (κ1) is 19.5. The molecule has 13 heteroatoms. The minimum atomic E-state index is -4.35. The van der Waals surface area contributed by atoms with E-state index in [4.69, 9.17) is 32.5 Å². The average molecular weight is 410 g/mol. The van der Waals surface area contributed by atoms with Crippen LogP contribution in [0.15, 0.2) is 12.4 Å². The second kappa shape index (κ2) is 8.06. The van der Waals surface area contributed by atoms with E-state index in [1.807, 2.05) is 4.72 Å². The Morgan fingerprint density at radius 3 is 2.76 bits per heavy atom. The van der Waals surface area contributed by atoms with Gasteiger partial charge in [-0.25, -0.2) is 19.7 Å². The number of esters is 1. The molecule has 0 saturated carbocycles. The summed E-state index contributed by atoms with van der Waals surface area (Å²) in [6.07, 6.45) is 2.72. The van der Waals surface area contributed by atoms with Gasteiger partial charge >= 0.3 is 16.3 Å². The monoisotopic (exact) mass is 409 g/mol. The Morgan fingerprint density at radius 1 is 1.40 bits per heavy atom. The maximum Gasteiger partial charge on any atom is 0.374 e. The highest BCUT2D eigenvalue weighted by atomic mass is 35.5. The third kappa shape index (κ3) is 5.34. The molecule has 136 valence electrons. The lowest BCUT2D eigenvalue weighted by atomic mass is 10.3. The van der Waals surface area contributed by atoms with Gasteiger partial charge in [-0.05, 0) is 18.5 Å². The average Bonchev–Trinajstić information content (AvgIpc) is 2.93. The summed E-state index contributed by atoms with van der Waals surface area (Å²) in [4.78, 5) is 23.9. The van der Waals surface area contributed by atoms with Crippen molar-refractivity contribution in [3.8, 4) is 11.4 Å². The van der Waals surface area contributed by atoms with Crippen LogP contribution in [0.4, 0.5) is 0 Å². The third-order valence-corrected chi connectivity index (χ3v) is 3.86. The van der Waals surface area contributed by atoms with Crippen molar-refractivity contribution in [3.63, 3.8) is 0 Å². The molecule has 0 saturated heterocycles. The van der Waals surface area contributed by atoms with E-state index in [0.717, 1.165) is 0 Å². The summed E-state index contributed by atoms with van der Waals surface area (Å²) in [7, 11) is -4.35. The van der Waals surface area contributed by atoms with Crippen molar-refractivity contribution in [2.24, 2.45) is 0 Å². The van der Waals surface area contributed by atoms with E-state index >= 15 is 0 Å². The fourth-order valence-electron chi connectivity index (χ4n) is 1.88. The summed E-state index contributed by atoms with van der Waals surface area (Å²) in [5.41, 5.74) is 0.429. The molecule has 0 aliphatic carbocycles. The molecule has 10 nitrogen and oxygen atoms in total. The van der Waals surface area contributed by atoms with E-state index in [1.165, 1.54) is 17.0 Å². The Hall–Kier alpha value is -1.79. The smallest absolute Gasteiger partial charge is 0.374 e. The topological polar surface area (TPSA) is 136 Å². The van der Waals surface area contributed by atoms with Crippen LogP contribution in [-0.4, -0.2) is 51.6 Å². The molecule has 2 rings (SSSR count). The van der Waals surface area contributed by atoms with Crippen molar-refractivity contribution in [1.82, 2.24) is 24.2 Å². The fourth-order valence-corrected chi connectivity index (χ4v) is 2.55. The number of aromatic nitrogens is 4. The SMILES string of the molecule is CCOC(=O)c1nc(-c2nc(Cl)ncc2Cl)cn1CCNS(=O)(=O)O. The molecule has 0 bridgehead atoms. The summed E-state index contributed by atoms with van der Waals surface area (Å²) in [6.45, 7) is 1.58. The van der Waals surface area contributed by atoms with Gasteiger partial charge in [-0.15, -0.1) is 0 Å². The first-order valence-corrected chi connectivity index (χ1v) is 9.05. The number of nitrogens with zero attached hydrogens (tertiary/aromatic N) is 4. The van der Waals surface area contributed by atoms with Crippen LogP contribution >= 0.6 is 23.2 Å². The van der Waals surface area contributed by atoms with Crippen molar-refractivity contribution in [2.75, 3.05) is 13.2 Å². The van der Waals surface area contributed by atoms with Gasteiger partial charge in [-0.1, -0.05) is 11.6 Å². The van der Waals surface area contributed by atoms with E-state index in [2.05, 4.69) is 15.0 Å². The molecule has 2 N–H and O–H groups in total. The normalized spacial score (nSPS) is 11.5. The molecule has 25 heavy (non-hydrogen) atoms. The zero-order chi connectivity index (χ0) is 18.6. The van der Waals surface area contributed by atoms with Crippen molar-refractivity contribution in [1.29, 1.82) is 0 Å². The second-order valence-corrected chi connectivity index (χ2v) is 6.55. The lowest BCUT2D eigenvalue weighted by molar-refractivity contribution is 0.0506. The minimum absolute atomic E-state index is 0.00261. The number of hydrogen-bond acceptors (Lipinski definition) is 7. The summed E-state index contributed by atoms with van der Waals surface area (Å²) >= 11 is 11.8. The predicted molar refractivity (Wildman–Crippen MR) is 88.8 cm³/mol. The van der Waals surface area contributed by atoms with Crippen LogP contribution in [0.25, 0.3) is 11.4 Å². The molecule has 0 fully saturated rings. The van der Waals surface area contributed by atoms with Crippen molar-refractivity contribution >= 4 is 39.5 Å². The number of nitrogens with one attached hydrogen (secondary N) is 1. The second-order valence-electron chi connectivity index (χ2n) is 4.57. The van der Waals surface area contributed by atoms with Gasteiger partial charge in [0, 0.05) is 19.3 Å². The number of hydrogen-bond donors (Lipinski definition) is 2. The Kier molecular flexibility index (Phi) is 6.30. The number of carbonyl (C=O) groups is 1. The zero-order valence-corrected chi connectivity index (χ0v) is 15.1. The van der Waals surface area contributed by atoms with Gasteiger partial charge in [0.15, 0.2) is 0 Å². The highest BCUT2D eigenvalue weighted by Crippen LogP contribution is 2.25. The standard InChI is InChI=1S/C12H13Cl2N5O5S/c1-2-24-11(20)10-17-8(9-7(13)5-15-12(14)18-9)6-19(10)4-3-16-25(21,22)23/h5-6,16H,2-4H2,1H3,(H,21,22,23). The Labute approximate surface area is 153 Å². The fraction of sp³-hybridized carbons (Fsp3) is 0.333. The minimum Gasteiger partial charge on any atom is -0.460 e. The lowest BCUT2D eigenvalue weighted by Crippen LogP contribution is -2.27. The molecule has 2 heterocycles.